The van der Waals surface area contributed by atoms with Gasteiger partial charge in [0, 0.05) is 50.3 Å². The predicted molar refractivity (Wildman–Crippen MR) is 194 cm³/mol. The zero-order valence-corrected chi connectivity index (χ0v) is 33.5. The van der Waals surface area contributed by atoms with Gasteiger partial charge < -0.3 is 35.4 Å². The van der Waals surface area contributed by atoms with E-state index < -0.39 is 0 Å². The minimum Gasteiger partial charge on any atom is -1.00 e. The summed E-state index contributed by atoms with van der Waals surface area (Å²) < 4.78 is 0. The standard InChI is InChI=1S/C40H62N4.2ClH.Cu/c1-26(2)32-21-35(28(5)6)39(36(22-32)29(7)8)42-17-19-44(25-34-15-13-14-16-41-34)20-18-43-40-37(30(9)10)23-33(27(3)4)24-38(40)31(11)12;;;/h13-16,21-24,26-31,42-43H,17-20,25H2,1-12H3;2*1H;/q;;;+2/p-2. The molecule has 0 aliphatic rings. The van der Waals surface area contributed by atoms with E-state index in [0.717, 1.165) is 38.4 Å². The van der Waals surface area contributed by atoms with Crippen LogP contribution in [0.15, 0.2) is 48.7 Å². The minimum absolute atomic E-state index is 0. The van der Waals surface area contributed by atoms with Crippen molar-refractivity contribution in [2.24, 2.45) is 0 Å². The second-order valence-electron chi connectivity index (χ2n) is 14.5. The Labute approximate surface area is 311 Å². The fourth-order valence-electron chi connectivity index (χ4n) is 5.99. The van der Waals surface area contributed by atoms with Crippen LogP contribution in [0.5, 0.6) is 0 Å². The predicted octanol–water partition coefficient (Wildman–Crippen LogP) is 4.85. The van der Waals surface area contributed by atoms with Gasteiger partial charge in [-0.3, -0.25) is 9.88 Å². The van der Waals surface area contributed by atoms with Gasteiger partial charge in [0.2, 0.25) is 0 Å². The van der Waals surface area contributed by atoms with E-state index in [0.29, 0.717) is 35.5 Å². The fraction of sp³-hybridized carbons (Fsp3) is 0.575. The molecule has 0 fully saturated rings. The van der Waals surface area contributed by atoms with E-state index >= 15 is 0 Å². The number of pyridine rings is 1. The molecule has 0 aliphatic heterocycles. The molecule has 0 saturated heterocycles. The molecule has 3 aromatic rings. The Morgan fingerprint density at radius 3 is 1.19 bits per heavy atom. The van der Waals surface area contributed by atoms with E-state index in [-0.39, 0.29) is 41.9 Å². The first kappa shape index (κ1) is 45.2. The van der Waals surface area contributed by atoms with Gasteiger partial charge in [0.05, 0.1) is 5.69 Å². The molecular weight excluding hydrogens is 671 g/mol. The molecule has 2 N–H and O–H groups in total. The summed E-state index contributed by atoms with van der Waals surface area (Å²) in [5.41, 5.74) is 12.4. The largest absolute Gasteiger partial charge is 2.00 e. The van der Waals surface area contributed by atoms with Gasteiger partial charge in [-0.1, -0.05) is 113 Å². The van der Waals surface area contributed by atoms with Crippen molar-refractivity contribution in [2.45, 2.75) is 125 Å². The molecule has 0 amide bonds. The van der Waals surface area contributed by atoms with Gasteiger partial charge in [-0.05, 0) is 81.0 Å². The summed E-state index contributed by atoms with van der Waals surface area (Å²) in [5, 5.41) is 7.83. The van der Waals surface area contributed by atoms with E-state index in [1.807, 2.05) is 12.3 Å². The monoisotopic (exact) mass is 731 g/mol. The second kappa shape index (κ2) is 21.4. The number of nitrogens with one attached hydrogen (secondary N) is 2. The molecule has 0 atom stereocenters. The molecule has 47 heavy (non-hydrogen) atoms. The molecule has 1 radical (unpaired) electrons. The van der Waals surface area contributed by atoms with E-state index in [1.54, 1.807) is 0 Å². The first-order chi connectivity index (χ1) is 20.8. The Hall–Kier alpha value is -1.75. The van der Waals surface area contributed by atoms with Crippen molar-refractivity contribution in [2.75, 3.05) is 36.8 Å². The Balaban J connectivity index is 0.00000705. The maximum Gasteiger partial charge on any atom is 2.00 e. The smallest absolute Gasteiger partial charge is 1.00 e. The van der Waals surface area contributed by atoms with Crippen LogP contribution in [0.4, 0.5) is 11.4 Å². The number of halogens is 2. The molecule has 0 saturated carbocycles. The molecule has 0 unspecified atom stereocenters. The average Bonchev–Trinajstić information content (AvgIpc) is 2.96. The maximum absolute atomic E-state index is 4.67. The normalized spacial score (nSPS) is 11.4. The van der Waals surface area contributed by atoms with Gasteiger partial charge in [0.25, 0.3) is 0 Å². The van der Waals surface area contributed by atoms with Gasteiger partial charge in [-0.15, -0.1) is 0 Å². The summed E-state index contributed by atoms with van der Waals surface area (Å²) in [4.78, 5) is 7.21. The van der Waals surface area contributed by atoms with Crippen molar-refractivity contribution >= 4 is 11.4 Å². The Bertz CT molecular complexity index is 1180. The molecular formula is C40H62Cl2CuN4. The third-order valence-electron chi connectivity index (χ3n) is 8.84. The Morgan fingerprint density at radius 2 is 0.915 bits per heavy atom. The van der Waals surface area contributed by atoms with Gasteiger partial charge in [0.1, 0.15) is 0 Å². The van der Waals surface area contributed by atoms with E-state index in [4.69, 9.17) is 0 Å². The molecule has 2 aromatic carbocycles. The van der Waals surface area contributed by atoms with E-state index in [2.05, 4.69) is 140 Å². The molecule has 267 valence electrons. The Morgan fingerprint density at radius 1 is 0.553 bits per heavy atom. The summed E-state index contributed by atoms with van der Waals surface area (Å²) in [6.45, 7) is 32.3. The van der Waals surface area contributed by atoms with Crippen LogP contribution in [0.1, 0.15) is 158 Å². The number of benzene rings is 2. The van der Waals surface area contributed by atoms with Gasteiger partial charge >= 0.3 is 17.1 Å². The maximum atomic E-state index is 4.67. The summed E-state index contributed by atoms with van der Waals surface area (Å²) in [6.07, 6.45) is 1.91. The van der Waals surface area contributed by atoms with Crippen LogP contribution in [0, 0.1) is 0 Å². The molecule has 1 heterocycles. The number of rotatable bonds is 16. The molecule has 4 nitrogen and oxygen atoms in total. The van der Waals surface area contributed by atoms with Crippen LogP contribution in [0.3, 0.4) is 0 Å². The topological polar surface area (TPSA) is 40.2 Å². The number of hydrogen-bond donors (Lipinski definition) is 2. The first-order valence-electron chi connectivity index (χ1n) is 17.2. The van der Waals surface area contributed by atoms with Gasteiger partial charge in [-0.25, -0.2) is 0 Å². The number of anilines is 2. The van der Waals surface area contributed by atoms with Crippen molar-refractivity contribution in [3.05, 3.63) is 87.7 Å². The van der Waals surface area contributed by atoms with Crippen LogP contribution in [-0.4, -0.2) is 36.1 Å². The molecule has 3 rings (SSSR count). The number of aromatic nitrogens is 1. The van der Waals surface area contributed by atoms with E-state index in [9.17, 15) is 0 Å². The SMILES string of the molecule is CC(C)c1cc(C(C)C)c(NCCN(CCNc2c(C(C)C)cc(C(C)C)cc2C(C)C)Cc2ccccn2)c(C(C)C)c1.[Cl-].[Cl-].[Cu+2]. The molecule has 0 bridgehead atoms. The van der Waals surface area contributed by atoms with Crippen LogP contribution in [0.2, 0.25) is 0 Å². The van der Waals surface area contributed by atoms with Crippen molar-refractivity contribution in [1.82, 2.24) is 9.88 Å². The van der Waals surface area contributed by atoms with Gasteiger partial charge in [0.15, 0.2) is 0 Å². The number of hydrogen-bond acceptors (Lipinski definition) is 4. The van der Waals surface area contributed by atoms with E-state index in [1.165, 1.54) is 44.8 Å². The van der Waals surface area contributed by atoms with Crippen LogP contribution >= 0.6 is 0 Å². The molecule has 0 spiro atoms. The van der Waals surface area contributed by atoms with Crippen molar-refractivity contribution in [1.29, 1.82) is 0 Å². The van der Waals surface area contributed by atoms with Crippen molar-refractivity contribution in [3.8, 4) is 0 Å². The van der Waals surface area contributed by atoms with Crippen LogP contribution in [-0.2, 0) is 23.6 Å². The quantitative estimate of drug-likeness (QED) is 0.207. The molecule has 7 heteroatoms. The van der Waals surface area contributed by atoms with Crippen molar-refractivity contribution < 1.29 is 41.9 Å². The average molecular weight is 733 g/mol. The fourth-order valence-corrected chi connectivity index (χ4v) is 5.99. The zero-order chi connectivity index (χ0) is 32.6. The number of nitrogens with zero attached hydrogens (tertiary/aromatic N) is 2. The van der Waals surface area contributed by atoms with Crippen LogP contribution < -0.4 is 35.4 Å². The molecule has 1 aromatic heterocycles. The summed E-state index contributed by atoms with van der Waals surface area (Å²) in [7, 11) is 0. The summed E-state index contributed by atoms with van der Waals surface area (Å²) >= 11 is 0. The minimum atomic E-state index is 0. The third kappa shape index (κ3) is 12.9. The third-order valence-corrected chi connectivity index (χ3v) is 8.84. The Kier molecular flexibility index (Phi) is 20.6. The van der Waals surface area contributed by atoms with Crippen LogP contribution in [0.25, 0.3) is 0 Å². The summed E-state index contributed by atoms with van der Waals surface area (Å²) in [6, 6.07) is 16.0. The van der Waals surface area contributed by atoms with Crippen molar-refractivity contribution in [3.63, 3.8) is 0 Å². The zero-order valence-electron chi connectivity index (χ0n) is 31.1. The van der Waals surface area contributed by atoms with Gasteiger partial charge in [-0.2, -0.15) is 0 Å². The first-order valence-corrected chi connectivity index (χ1v) is 17.2. The molecule has 0 aliphatic carbocycles. The summed E-state index contributed by atoms with van der Waals surface area (Å²) in [5.74, 6) is 2.92. The second-order valence-corrected chi connectivity index (χ2v) is 14.5.